The molecule has 0 aromatic heterocycles. The van der Waals surface area contributed by atoms with E-state index in [1.165, 1.54) is 6.07 Å². The number of benzene rings is 2. The topological polar surface area (TPSA) is 49.4 Å². The Hall–Kier alpha value is -3.02. The van der Waals surface area contributed by atoms with Crippen LogP contribution in [-0.2, 0) is 9.59 Å². The first kappa shape index (κ1) is 16.8. The number of carbonyl (C=O) groups is 2. The van der Waals surface area contributed by atoms with Crippen LogP contribution >= 0.6 is 0 Å². The molecular weight excluding hydrogens is 326 g/mol. The lowest BCUT2D eigenvalue weighted by molar-refractivity contribution is -0.136. The molecule has 1 aliphatic heterocycles. The first-order valence-corrected chi connectivity index (χ1v) is 7.82. The molecule has 0 bridgehead atoms. The largest absolute Gasteiger partial charge is 0.350 e. The van der Waals surface area contributed by atoms with Crippen molar-refractivity contribution < 1.29 is 18.4 Å². The molecule has 0 atom stereocenters. The third-order valence-corrected chi connectivity index (χ3v) is 4.01. The molecule has 1 aliphatic rings. The van der Waals surface area contributed by atoms with Crippen molar-refractivity contribution in [1.29, 1.82) is 0 Å². The van der Waals surface area contributed by atoms with E-state index in [2.05, 4.69) is 5.32 Å². The number of halogens is 2. The van der Waals surface area contributed by atoms with Crippen molar-refractivity contribution >= 4 is 23.1 Å². The number of rotatable bonds is 4. The molecule has 0 fully saturated rings. The summed E-state index contributed by atoms with van der Waals surface area (Å²) in [6.45, 7) is 3.83. The molecule has 0 saturated carbocycles. The SMILES string of the molecule is CCN1C(=O)C(Nc2ccc(F)c(F)c2)=C(c2ccc(C)cc2)C1=O. The maximum absolute atomic E-state index is 13.4. The minimum Gasteiger partial charge on any atom is -0.350 e. The minimum atomic E-state index is -1.04. The smallest absolute Gasteiger partial charge is 0.278 e. The molecule has 0 spiro atoms. The van der Waals surface area contributed by atoms with Gasteiger partial charge in [-0.05, 0) is 31.5 Å². The quantitative estimate of drug-likeness (QED) is 0.866. The van der Waals surface area contributed by atoms with Crippen LogP contribution in [0.3, 0.4) is 0 Å². The number of imide groups is 1. The van der Waals surface area contributed by atoms with Crippen molar-refractivity contribution in [3.8, 4) is 0 Å². The van der Waals surface area contributed by atoms with Gasteiger partial charge in [0.2, 0.25) is 0 Å². The zero-order chi connectivity index (χ0) is 18.1. The summed E-state index contributed by atoms with van der Waals surface area (Å²) in [4.78, 5) is 26.3. The van der Waals surface area contributed by atoms with E-state index >= 15 is 0 Å². The van der Waals surface area contributed by atoms with Crippen molar-refractivity contribution in [2.45, 2.75) is 13.8 Å². The Morgan fingerprint density at radius 2 is 1.64 bits per heavy atom. The van der Waals surface area contributed by atoms with Crippen LogP contribution in [0.4, 0.5) is 14.5 Å². The van der Waals surface area contributed by atoms with Crippen LogP contribution in [0.1, 0.15) is 18.1 Å². The number of nitrogens with one attached hydrogen (secondary N) is 1. The molecular formula is C19H16F2N2O2. The predicted octanol–water partition coefficient (Wildman–Crippen LogP) is 3.49. The molecule has 2 amide bonds. The monoisotopic (exact) mass is 342 g/mol. The van der Waals surface area contributed by atoms with Crippen molar-refractivity contribution in [1.82, 2.24) is 4.90 Å². The average Bonchev–Trinajstić information content (AvgIpc) is 2.82. The maximum atomic E-state index is 13.4. The van der Waals surface area contributed by atoms with Gasteiger partial charge >= 0.3 is 0 Å². The zero-order valence-corrected chi connectivity index (χ0v) is 13.8. The molecule has 0 unspecified atom stereocenters. The first-order chi connectivity index (χ1) is 11.9. The lowest BCUT2D eigenvalue weighted by atomic mass is 10.0. The number of nitrogens with zero attached hydrogens (tertiary/aromatic N) is 1. The van der Waals surface area contributed by atoms with Gasteiger partial charge in [0.25, 0.3) is 11.8 Å². The molecule has 1 N–H and O–H groups in total. The Labute approximate surface area is 143 Å². The molecule has 2 aromatic rings. The summed E-state index contributed by atoms with van der Waals surface area (Å²) in [5.41, 5.74) is 2.07. The molecule has 25 heavy (non-hydrogen) atoms. The third kappa shape index (κ3) is 3.03. The van der Waals surface area contributed by atoms with Gasteiger partial charge < -0.3 is 5.32 Å². The number of amides is 2. The number of likely N-dealkylation sites (N-methyl/N-ethyl adjacent to an activating group) is 1. The highest BCUT2D eigenvalue weighted by Gasteiger charge is 2.38. The average molecular weight is 342 g/mol. The Bertz CT molecular complexity index is 889. The molecule has 0 saturated heterocycles. The number of hydrogen-bond donors (Lipinski definition) is 1. The van der Waals surface area contributed by atoms with Crippen molar-refractivity contribution in [2.75, 3.05) is 11.9 Å². The third-order valence-electron chi connectivity index (χ3n) is 4.01. The van der Waals surface area contributed by atoms with Crippen LogP contribution in [0, 0.1) is 18.6 Å². The standard InChI is InChI=1S/C19H16F2N2O2/c1-3-23-18(24)16(12-6-4-11(2)5-7-12)17(19(23)25)22-13-8-9-14(20)15(21)10-13/h4-10,22H,3H2,1-2H3. The van der Waals surface area contributed by atoms with Gasteiger partial charge in [-0.1, -0.05) is 29.8 Å². The fourth-order valence-electron chi connectivity index (χ4n) is 2.69. The lowest BCUT2D eigenvalue weighted by Crippen LogP contribution is -2.32. The molecule has 3 rings (SSSR count). The summed E-state index contributed by atoms with van der Waals surface area (Å²) in [5.74, 6) is -2.93. The predicted molar refractivity (Wildman–Crippen MR) is 90.5 cm³/mol. The summed E-state index contributed by atoms with van der Waals surface area (Å²) in [7, 11) is 0. The summed E-state index contributed by atoms with van der Waals surface area (Å²) in [6, 6.07) is 10.4. The van der Waals surface area contributed by atoms with Crippen LogP contribution in [-0.4, -0.2) is 23.3 Å². The van der Waals surface area contributed by atoms with Crippen LogP contribution < -0.4 is 5.32 Å². The highest BCUT2D eigenvalue weighted by molar-refractivity contribution is 6.36. The number of anilines is 1. The number of carbonyl (C=O) groups excluding carboxylic acids is 2. The molecule has 2 aromatic carbocycles. The summed E-state index contributed by atoms with van der Waals surface area (Å²) in [5, 5.41) is 2.78. The van der Waals surface area contributed by atoms with E-state index in [1.807, 2.05) is 19.1 Å². The van der Waals surface area contributed by atoms with E-state index in [9.17, 15) is 18.4 Å². The molecule has 1 heterocycles. The van der Waals surface area contributed by atoms with Crippen molar-refractivity contribution in [3.63, 3.8) is 0 Å². The molecule has 0 aliphatic carbocycles. The van der Waals surface area contributed by atoms with Crippen LogP contribution in [0.5, 0.6) is 0 Å². The van der Waals surface area contributed by atoms with Crippen molar-refractivity contribution in [3.05, 3.63) is 70.9 Å². The van der Waals surface area contributed by atoms with Gasteiger partial charge in [-0.25, -0.2) is 8.78 Å². The maximum Gasteiger partial charge on any atom is 0.278 e. The summed E-state index contributed by atoms with van der Waals surface area (Å²) < 4.78 is 26.5. The summed E-state index contributed by atoms with van der Waals surface area (Å²) in [6.07, 6.45) is 0. The number of aryl methyl sites for hydroxylation is 1. The zero-order valence-electron chi connectivity index (χ0n) is 13.8. The van der Waals surface area contributed by atoms with Crippen LogP contribution in [0.25, 0.3) is 5.57 Å². The Morgan fingerprint density at radius 3 is 2.24 bits per heavy atom. The van der Waals surface area contributed by atoms with E-state index in [-0.39, 0.29) is 23.5 Å². The van der Waals surface area contributed by atoms with E-state index in [0.29, 0.717) is 5.56 Å². The molecule has 4 nitrogen and oxygen atoms in total. The van der Waals surface area contributed by atoms with Crippen molar-refractivity contribution in [2.24, 2.45) is 0 Å². The minimum absolute atomic E-state index is 0.0571. The van der Waals surface area contributed by atoms with Gasteiger partial charge in [0, 0.05) is 18.3 Å². The van der Waals surface area contributed by atoms with E-state index in [4.69, 9.17) is 0 Å². The van der Waals surface area contributed by atoms with Crippen LogP contribution in [0.15, 0.2) is 48.2 Å². The number of hydrogen-bond acceptors (Lipinski definition) is 3. The summed E-state index contributed by atoms with van der Waals surface area (Å²) >= 11 is 0. The fourth-order valence-corrected chi connectivity index (χ4v) is 2.69. The molecule has 0 radical (unpaired) electrons. The van der Waals surface area contributed by atoms with E-state index in [1.54, 1.807) is 19.1 Å². The second-order valence-electron chi connectivity index (χ2n) is 5.72. The van der Waals surface area contributed by atoms with Gasteiger partial charge in [0.05, 0.1) is 5.57 Å². The normalized spacial score (nSPS) is 14.5. The van der Waals surface area contributed by atoms with E-state index in [0.717, 1.165) is 22.6 Å². The Kier molecular flexibility index (Phi) is 4.35. The van der Waals surface area contributed by atoms with Crippen LogP contribution in [0.2, 0.25) is 0 Å². The first-order valence-electron chi connectivity index (χ1n) is 7.82. The highest BCUT2D eigenvalue weighted by Crippen LogP contribution is 2.30. The fraction of sp³-hybridized carbons (Fsp3) is 0.158. The van der Waals surface area contributed by atoms with Gasteiger partial charge in [-0.15, -0.1) is 0 Å². The molecule has 6 heteroatoms. The lowest BCUT2D eigenvalue weighted by Gasteiger charge is -2.12. The van der Waals surface area contributed by atoms with E-state index < -0.39 is 23.4 Å². The highest BCUT2D eigenvalue weighted by atomic mass is 19.2. The van der Waals surface area contributed by atoms with Gasteiger partial charge in [-0.3, -0.25) is 14.5 Å². The second kappa shape index (κ2) is 6.47. The van der Waals surface area contributed by atoms with Gasteiger partial charge in [-0.2, -0.15) is 0 Å². The van der Waals surface area contributed by atoms with Gasteiger partial charge in [0.1, 0.15) is 5.70 Å². The molecule has 128 valence electrons. The Balaban J connectivity index is 2.08. The Morgan fingerprint density at radius 1 is 0.960 bits per heavy atom. The second-order valence-corrected chi connectivity index (χ2v) is 5.72. The van der Waals surface area contributed by atoms with Gasteiger partial charge in [0.15, 0.2) is 11.6 Å².